The number of methoxy groups -OCH3 is 2. The van der Waals surface area contributed by atoms with E-state index < -0.39 is 0 Å². The first-order chi connectivity index (χ1) is 13.1. The van der Waals surface area contributed by atoms with Crippen molar-refractivity contribution in [3.63, 3.8) is 0 Å². The molecule has 5 unspecified atom stereocenters. The van der Waals surface area contributed by atoms with Crippen LogP contribution in [0.4, 0.5) is 4.79 Å². The van der Waals surface area contributed by atoms with Crippen molar-refractivity contribution in [3.05, 3.63) is 23.9 Å². The fourth-order valence-electron chi connectivity index (χ4n) is 3.75. The van der Waals surface area contributed by atoms with Gasteiger partial charge >= 0.3 is 6.03 Å². The molecule has 0 aromatic carbocycles. The minimum atomic E-state index is -0.297. The number of dihydropyridines is 1. The van der Waals surface area contributed by atoms with Gasteiger partial charge in [0.15, 0.2) is 0 Å². The van der Waals surface area contributed by atoms with Crippen LogP contribution in [0.2, 0.25) is 0 Å². The predicted molar refractivity (Wildman–Crippen MR) is 106 cm³/mol. The van der Waals surface area contributed by atoms with E-state index in [9.17, 15) is 4.79 Å². The molecule has 5 atom stereocenters. The molecule has 0 aromatic rings. The normalized spacial score (nSPS) is 32.9. The molecule has 2 amide bonds. The van der Waals surface area contributed by atoms with Crippen LogP contribution >= 0.6 is 11.6 Å². The van der Waals surface area contributed by atoms with Crippen LogP contribution in [-0.4, -0.2) is 62.8 Å². The van der Waals surface area contributed by atoms with Crippen LogP contribution in [-0.2, 0) is 9.47 Å². The first-order valence-corrected chi connectivity index (χ1v) is 9.99. The number of allylic oxidation sites excluding steroid dienone is 1. The lowest BCUT2D eigenvalue weighted by molar-refractivity contribution is 0.0305. The Balaban J connectivity index is 1.46. The molecule has 3 aliphatic rings. The topological polar surface area (TPSA) is 84.0 Å². The van der Waals surface area contributed by atoms with Gasteiger partial charge in [0.05, 0.1) is 17.6 Å². The highest BCUT2D eigenvalue weighted by molar-refractivity contribution is 6.22. The zero-order chi connectivity index (χ0) is 19.2. The number of carbonyl (C=O) groups excluding carboxylic acids is 1. The smallest absolute Gasteiger partial charge is 0.319 e. The van der Waals surface area contributed by atoms with Crippen LogP contribution in [0.15, 0.2) is 28.9 Å². The lowest BCUT2D eigenvalue weighted by Gasteiger charge is -2.31. The number of rotatable bonds is 6. The Labute approximate surface area is 165 Å². The third-order valence-corrected chi connectivity index (χ3v) is 5.72. The highest BCUT2D eigenvalue weighted by Crippen LogP contribution is 2.25. The van der Waals surface area contributed by atoms with Crippen molar-refractivity contribution in [2.45, 2.75) is 49.4 Å². The Kier molecular flexibility index (Phi) is 7.29. The number of amides is 2. The van der Waals surface area contributed by atoms with E-state index in [0.717, 1.165) is 12.3 Å². The van der Waals surface area contributed by atoms with Gasteiger partial charge in [0.25, 0.3) is 0 Å². The van der Waals surface area contributed by atoms with Crippen molar-refractivity contribution in [2.24, 2.45) is 10.9 Å². The molecule has 0 radical (unpaired) electrons. The minimum Gasteiger partial charge on any atom is -0.379 e. The Hall–Kier alpha value is -1.41. The number of aliphatic imine (C=N–C) groups is 1. The number of ether oxygens (including phenoxy) is 2. The molecule has 1 saturated heterocycles. The van der Waals surface area contributed by atoms with Crippen LogP contribution < -0.4 is 16.0 Å². The van der Waals surface area contributed by atoms with Gasteiger partial charge in [-0.2, -0.15) is 0 Å². The number of fused-ring (bicyclic) bond motifs is 1. The summed E-state index contributed by atoms with van der Waals surface area (Å²) in [7, 11) is 3.23. The van der Waals surface area contributed by atoms with Crippen LogP contribution in [0.3, 0.4) is 0 Å². The summed E-state index contributed by atoms with van der Waals surface area (Å²) in [5.74, 6) is 0.502. The second-order valence-electron chi connectivity index (χ2n) is 7.12. The summed E-state index contributed by atoms with van der Waals surface area (Å²) in [6.07, 6.45) is 9.62. The van der Waals surface area contributed by atoms with E-state index in [2.05, 4.69) is 28.1 Å². The van der Waals surface area contributed by atoms with Crippen LogP contribution in [0, 0.1) is 5.92 Å². The number of piperidine rings is 1. The van der Waals surface area contributed by atoms with Crippen molar-refractivity contribution >= 4 is 23.3 Å². The summed E-state index contributed by atoms with van der Waals surface area (Å²) in [6, 6.07) is -0.267. The lowest BCUT2D eigenvalue weighted by atomic mass is 9.93. The first kappa shape index (κ1) is 20.3. The average Bonchev–Trinajstić information content (AvgIpc) is 2.68. The van der Waals surface area contributed by atoms with E-state index in [1.807, 2.05) is 0 Å². The van der Waals surface area contributed by atoms with Gasteiger partial charge in [0.2, 0.25) is 0 Å². The number of urea groups is 1. The molecular formula is C19H29ClN4O3. The number of nitrogens with one attached hydrogen (secondary N) is 3. The molecule has 0 aromatic heterocycles. The maximum atomic E-state index is 12.2. The Morgan fingerprint density at radius 2 is 2.26 bits per heavy atom. The fraction of sp³-hybridized carbons (Fsp3) is 0.684. The van der Waals surface area contributed by atoms with E-state index in [4.69, 9.17) is 26.1 Å². The highest BCUT2D eigenvalue weighted by atomic mass is 35.5. The van der Waals surface area contributed by atoms with Gasteiger partial charge in [-0.25, -0.2) is 4.79 Å². The monoisotopic (exact) mass is 396 g/mol. The largest absolute Gasteiger partial charge is 0.379 e. The zero-order valence-corrected chi connectivity index (χ0v) is 16.7. The van der Waals surface area contributed by atoms with Crippen LogP contribution in [0.25, 0.3) is 0 Å². The van der Waals surface area contributed by atoms with E-state index in [-0.39, 0.29) is 29.8 Å². The third-order valence-electron chi connectivity index (χ3n) is 5.31. The minimum absolute atomic E-state index is 0.126. The molecule has 8 heteroatoms. The SMILES string of the molecule is COC1CC(OC)C(Cl)C=C1NC(=O)NCCC1=NC2NCCCC2C=C1. The van der Waals surface area contributed by atoms with Crippen molar-refractivity contribution in [3.8, 4) is 0 Å². The van der Waals surface area contributed by atoms with Crippen molar-refractivity contribution in [2.75, 3.05) is 27.3 Å². The van der Waals surface area contributed by atoms with Gasteiger partial charge in [0.1, 0.15) is 6.17 Å². The van der Waals surface area contributed by atoms with Crippen molar-refractivity contribution in [1.29, 1.82) is 0 Å². The molecule has 1 fully saturated rings. The number of carbonyl (C=O) groups is 1. The molecule has 0 saturated carbocycles. The van der Waals surface area contributed by atoms with Gasteiger partial charge in [-0.05, 0) is 31.5 Å². The number of hydrogen-bond donors (Lipinski definition) is 3. The van der Waals surface area contributed by atoms with E-state index in [1.54, 1.807) is 20.3 Å². The number of alkyl halides is 1. The maximum Gasteiger partial charge on any atom is 0.319 e. The first-order valence-electron chi connectivity index (χ1n) is 9.55. The van der Waals surface area contributed by atoms with Gasteiger partial charge in [-0.1, -0.05) is 6.08 Å². The van der Waals surface area contributed by atoms with Crippen LogP contribution in [0.1, 0.15) is 25.7 Å². The Bertz CT molecular complexity index is 622. The summed E-state index contributed by atoms with van der Waals surface area (Å²) >= 11 is 6.29. The van der Waals surface area contributed by atoms with Gasteiger partial charge in [0, 0.05) is 50.9 Å². The second-order valence-corrected chi connectivity index (χ2v) is 7.62. The van der Waals surface area contributed by atoms with Crippen molar-refractivity contribution < 1.29 is 14.3 Å². The molecule has 150 valence electrons. The second kappa shape index (κ2) is 9.68. The molecule has 7 nitrogen and oxygen atoms in total. The van der Waals surface area contributed by atoms with Gasteiger partial charge in [-0.3, -0.25) is 10.3 Å². The van der Waals surface area contributed by atoms with Gasteiger partial charge in [-0.15, -0.1) is 11.6 Å². The van der Waals surface area contributed by atoms with Gasteiger partial charge < -0.3 is 20.1 Å². The molecule has 3 N–H and O–H groups in total. The summed E-state index contributed by atoms with van der Waals surface area (Å²) < 4.78 is 10.8. The predicted octanol–water partition coefficient (Wildman–Crippen LogP) is 1.94. The molecular weight excluding hydrogens is 368 g/mol. The fourth-order valence-corrected chi connectivity index (χ4v) is 4.09. The number of nitrogens with zero attached hydrogens (tertiary/aromatic N) is 1. The van der Waals surface area contributed by atoms with E-state index in [1.165, 1.54) is 12.8 Å². The quantitative estimate of drug-likeness (QED) is 0.599. The van der Waals surface area contributed by atoms with Crippen LogP contribution in [0.5, 0.6) is 0 Å². The molecule has 0 spiro atoms. The molecule has 3 rings (SSSR count). The average molecular weight is 397 g/mol. The molecule has 2 heterocycles. The molecule has 2 aliphatic heterocycles. The van der Waals surface area contributed by atoms with E-state index in [0.29, 0.717) is 31.0 Å². The Morgan fingerprint density at radius 3 is 3.04 bits per heavy atom. The number of hydrogen-bond acceptors (Lipinski definition) is 5. The summed E-state index contributed by atoms with van der Waals surface area (Å²) in [6.45, 7) is 1.54. The summed E-state index contributed by atoms with van der Waals surface area (Å²) in [5, 5.41) is 8.88. The van der Waals surface area contributed by atoms with Crippen molar-refractivity contribution in [1.82, 2.24) is 16.0 Å². The Morgan fingerprint density at radius 1 is 1.41 bits per heavy atom. The van der Waals surface area contributed by atoms with E-state index >= 15 is 0 Å². The standard InChI is InChI=1S/C19H29ClN4O3/c1-26-16-11-17(27-2)15(10-14(16)20)24-19(25)22-9-7-13-6-5-12-4-3-8-21-18(12)23-13/h5-6,10,12,14,16-18,21H,3-4,7-9,11H2,1-2H3,(H2,22,24,25). The maximum absolute atomic E-state index is 12.2. The molecule has 0 bridgehead atoms. The number of halogens is 1. The summed E-state index contributed by atoms with van der Waals surface area (Å²) in [5.41, 5.74) is 1.69. The molecule has 1 aliphatic carbocycles. The lowest BCUT2D eigenvalue weighted by Crippen LogP contribution is -2.44. The summed E-state index contributed by atoms with van der Waals surface area (Å²) in [4.78, 5) is 17.0. The third kappa shape index (κ3) is 5.31. The highest BCUT2D eigenvalue weighted by Gasteiger charge is 2.31. The zero-order valence-electron chi connectivity index (χ0n) is 15.9. The molecule has 27 heavy (non-hydrogen) atoms.